The Morgan fingerprint density at radius 3 is 2.85 bits per heavy atom. The van der Waals surface area contributed by atoms with Gasteiger partial charge in [-0.3, -0.25) is 0 Å². The van der Waals surface area contributed by atoms with Crippen molar-refractivity contribution in [2.45, 2.75) is 13.0 Å². The van der Waals surface area contributed by atoms with Crippen LogP contribution < -0.4 is 4.74 Å². The molecule has 1 aromatic heterocycles. The molecule has 2 heterocycles. The number of hydrogen-bond donors (Lipinski definition) is 0. The second-order valence-electron chi connectivity index (χ2n) is 2.85. The highest BCUT2D eigenvalue weighted by Gasteiger charge is 2.20. The van der Waals surface area contributed by atoms with Gasteiger partial charge in [-0.25, -0.2) is 4.98 Å². The number of hydrogen-bond acceptors (Lipinski definition) is 4. The number of halogens is 1. The second-order valence-corrected chi connectivity index (χ2v) is 3.67. The second kappa shape index (κ2) is 3.59. The lowest BCUT2D eigenvalue weighted by Gasteiger charge is -2.26. The first kappa shape index (κ1) is 8.90. The predicted molar refractivity (Wildman–Crippen MR) is 49.7 cm³/mol. The Balaban J connectivity index is 2.10. The lowest BCUT2D eigenvalue weighted by molar-refractivity contribution is -0.0814. The van der Waals surface area contributed by atoms with Crippen molar-refractivity contribution in [2.24, 2.45) is 0 Å². The van der Waals surface area contributed by atoms with Crippen LogP contribution in [-0.4, -0.2) is 29.3 Å². The fourth-order valence-corrected chi connectivity index (χ4v) is 1.47. The molecule has 13 heavy (non-hydrogen) atoms. The quantitative estimate of drug-likeness (QED) is 0.737. The first-order chi connectivity index (χ1) is 6.24. The standard InChI is InChI=1S/C8H9BrN2O2/c1-5-10-7(9)2-8(11-5)13-6-3-12-4-6/h2,6H,3-4H2,1H3. The molecule has 70 valence electrons. The number of ether oxygens (including phenoxy) is 2. The van der Waals surface area contributed by atoms with E-state index in [0.29, 0.717) is 24.9 Å². The van der Waals surface area contributed by atoms with Gasteiger partial charge < -0.3 is 9.47 Å². The summed E-state index contributed by atoms with van der Waals surface area (Å²) in [5.41, 5.74) is 0. The van der Waals surface area contributed by atoms with Crippen LogP contribution in [0.4, 0.5) is 0 Å². The summed E-state index contributed by atoms with van der Waals surface area (Å²) < 4.78 is 11.2. The molecule has 0 amide bonds. The van der Waals surface area contributed by atoms with Gasteiger partial charge in [0.1, 0.15) is 16.5 Å². The molecule has 0 atom stereocenters. The maximum Gasteiger partial charge on any atom is 0.218 e. The molecule has 0 unspecified atom stereocenters. The summed E-state index contributed by atoms with van der Waals surface area (Å²) in [6.07, 6.45) is 0.154. The van der Waals surface area contributed by atoms with Crippen molar-refractivity contribution in [3.05, 3.63) is 16.5 Å². The average Bonchev–Trinajstić information content (AvgIpc) is 1.95. The minimum Gasteiger partial charge on any atom is -0.469 e. The van der Waals surface area contributed by atoms with Crippen molar-refractivity contribution in [1.82, 2.24) is 9.97 Å². The third-order valence-corrected chi connectivity index (χ3v) is 2.08. The van der Waals surface area contributed by atoms with Gasteiger partial charge in [0.2, 0.25) is 5.88 Å². The van der Waals surface area contributed by atoms with Crippen molar-refractivity contribution in [3.63, 3.8) is 0 Å². The highest BCUT2D eigenvalue weighted by molar-refractivity contribution is 9.10. The molecule has 0 aliphatic carbocycles. The maximum atomic E-state index is 5.51. The van der Waals surface area contributed by atoms with Crippen LogP contribution in [0.1, 0.15) is 5.82 Å². The summed E-state index contributed by atoms with van der Waals surface area (Å²) in [7, 11) is 0. The van der Waals surface area contributed by atoms with Crippen LogP contribution in [0, 0.1) is 6.92 Å². The van der Waals surface area contributed by atoms with Crippen LogP contribution in [0.2, 0.25) is 0 Å². The average molecular weight is 245 g/mol. The highest BCUT2D eigenvalue weighted by Crippen LogP contribution is 2.17. The predicted octanol–water partition coefficient (Wildman–Crippen LogP) is 1.33. The zero-order valence-electron chi connectivity index (χ0n) is 7.16. The normalized spacial score (nSPS) is 16.8. The van der Waals surface area contributed by atoms with Crippen LogP contribution in [-0.2, 0) is 4.74 Å². The molecule has 1 aliphatic heterocycles. The number of rotatable bonds is 2. The molecule has 1 aliphatic rings. The van der Waals surface area contributed by atoms with Gasteiger partial charge in [0, 0.05) is 6.07 Å². The molecule has 0 spiro atoms. The Morgan fingerprint density at radius 2 is 2.31 bits per heavy atom. The van der Waals surface area contributed by atoms with E-state index in [-0.39, 0.29) is 6.10 Å². The zero-order chi connectivity index (χ0) is 9.26. The summed E-state index contributed by atoms with van der Waals surface area (Å²) in [4.78, 5) is 8.22. The van der Waals surface area contributed by atoms with Gasteiger partial charge in [0.25, 0.3) is 0 Å². The van der Waals surface area contributed by atoms with E-state index in [4.69, 9.17) is 9.47 Å². The molecule has 2 rings (SSSR count). The molecule has 0 N–H and O–H groups in total. The summed E-state index contributed by atoms with van der Waals surface area (Å²) in [6.45, 7) is 3.14. The van der Waals surface area contributed by atoms with E-state index in [1.165, 1.54) is 0 Å². The summed E-state index contributed by atoms with van der Waals surface area (Å²) in [5, 5.41) is 0. The Bertz CT molecular complexity index is 295. The monoisotopic (exact) mass is 244 g/mol. The van der Waals surface area contributed by atoms with Gasteiger partial charge in [0.15, 0.2) is 0 Å². The van der Waals surface area contributed by atoms with E-state index in [0.717, 1.165) is 4.60 Å². The lowest BCUT2D eigenvalue weighted by Crippen LogP contribution is -2.38. The molecule has 1 fully saturated rings. The van der Waals surface area contributed by atoms with E-state index < -0.39 is 0 Å². The van der Waals surface area contributed by atoms with Crippen molar-refractivity contribution in [2.75, 3.05) is 13.2 Å². The van der Waals surface area contributed by atoms with Gasteiger partial charge in [-0.1, -0.05) is 0 Å². The molecular formula is C8H9BrN2O2. The van der Waals surface area contributed by atoms with Gasteiger partial charge in [0.05, 0.1) is 13.2 Å². The molecule has 1 saturated heterocycles. The first-order valence-corrected chi connectivity index (χ1v) is 4.79. The molecule has 1 aromatic rings. The topological polar surface area (TPSA) is 44.2 Å². The number of aryl methyl sites for hydroxylation is 1. The van der Waals surface area contributed by atoms with E-state index in [1.54, 1.807) is 6.07 Å². The van der Waals surface area contributed by atoms with Crippen LogP contribution >= 0.6 is 15.9 Å². The van der Waals surface area contributed by atoms with Crippen LogP contribution in [0.15, 0.2) is 10.7 Å². The van der Waals surface area contributed by atoms with E-state index in [2.05, 4.69) is 25.9 Å². The maximum absolute atomic E-state index is 5.51. The molecule has 0 radical (unpaired) electrons. The van der Waals surface area contributed by atoms with Crippen molar-refractivity contribution in [3.8, 4) is 5.88 Å². The fraction of sp³-hybridized carbons (Fsp3) is 0.500. The largest absolute Gasteiger partial charge is 0.469 e. The smallest absolute Gasteiger partial charge is 0.218 e. The minimum atomic E-state index is 0.154. The fourth-order valence-electron chi connectivity index (χ4n) is 1.02. The van der Waals surface area contributed by atoms with Gasteiger partial charge >= 0.3 is 0 Å². The Hall–Kier alpha value is -0.680. The van der Waals surface area contributed by atoms with Crippen LogP contribution in [0.5, 0.6) is 5.88 Å². The Kier molecular flexibility index (Phi) is 2.46. The van der Waals surface area contributed by atoms with Crippen molar-refractivity contribution in [1.29, 1.82) is 0 Å². The number of aromatic nitrogens is 2. The van der Waals surface area contributed by atoms with E-state index >= 15 is 0 Å². The van der Waals surface area contributed by atoms with Gasteiger partial charge in [-0.15, -0.1) is 0 Å². The van der Waals surface area contributed by atoms with Gasteiger partial charge in [-0.05, 0) is 22.9 Å². The van der Waals surface area contributed by atoms with Crippen LogP contribution in [0.25, 0.3) is 0 Å². The highest BCUT2D eigenvalue weighted by atomic mass is 79.9. The Morgan fingerprint density at radius 1 is 1.54 bits per heavy atom. The summed E-state index contributed by atoms with van der Waals surface area (Å²) >= 11 is 3.28. The molecule has 5 heteroatoms. The SMILES string of the molecule is Cc1nc(Br)cc(OC2COC2)n1. The summed E-state index contributed by atoms with van der Waals surface area (Å²) in [6, 6.07) is 1.76. The molecule has 0 aromatic carbocycles. The van der Waals surface area contributed by atoms with Crippen molar-refractivity contribution >= 4 is 15.9 Å². The third-order valence-electron chi connectivity index (χ3n) is 1.68. The third kappa shape index (κ3) is 2.16. The molecule has 4 nitrogen and oxygen atoms in total. The lowest BCUT2D eigenvalue weighted by atomic mass is 10.3. The van der Waals surface area contributed by atoms with E-state index in [1.807, 2.05) is 6.92 Å². The molecular weight excluding hydrogens is 236 g/mol. The Labute approximate surface area is 84.4 Å². The minimum absolute atomic E-state index is 0.154. The van der Waals surface area contributed by atoms with Crippen LogP contribution in [0.3, 0.4) is 0 Å². The number of nitrogens with zero attached hydrogens (tertiary/aromatic N) is 2. The van der Waals surface area contributed by atoms with E-state index in [9.17, 15) is 0 Å². The molecule has 0 saturated carbocycles. The zero-order valence-corrected chi connectivity index (χ0v) is 8.74. The summed E-state index contributed by atoms with van der Waals surface area (Å²) in [5.74, 6) is 1.30. The van der Waals surface area contributed by atoms with Gasteiger partial charge in [-0.2, -0.15) is 4.98 Å². The van der Waals surface area contributed by atoms with Crippen molar-refractivity contribution < 1.29 is 9.47 Å². The molecule has 0 bridgehead atoms. The first-order valence-electron chi connectivity index (χ1n) is 3.99.